The second-order valence-electron chi connectivity index (χ2n) is 4.68. The lowest BCUT2D eigenvalue weighted by molar-refractivity contribution is 0.0599. The van der Waals surface area contributed by atoms with Crippen LogP contribution < -0.4 is 0 Å². The molecular formula is C15H14N4O3. The van der Waals surface area contributed by atoms with E-state index in [0.29, 0.717) is 22.9 Å². The van der Waals surface area contributed by atoms with Crippen molar-refractivity contribution in [2.45, 2.75) is 13.5 Å². The quantitative estimate of drug-likeness (QED) is 0.686. The van der Waals surface area contributed by atoms with Gasteiger partial charge in [-0.05, 0) is 18.2 Å². The molecule has 0 radical (unpaired) electrons. The molecule has 22 heavy (non-hydrogen) atoms. The van der Waals surface area contributed by atoms with E-state index in [2.05, 4.69) is 15.4 Å². The number of carbonyl (C=O) groups excluding carboxylic acids is 1. The molecule has 7 nitrogen and oxygen atoms in total. The summed E-state index contributed by atoms with van der Waals surface area (Å²) in [6, 6.07) is 11.2. The number of aryl methyl sites for hydroxylation is 1. The van der Waals surface area contributed by atoms with Crippen molar-refractivity contribution >= 4 is 5.97 Å². The number of rotatable bonds is 4. The summed E-state index contributed by atoms with van der Waals surface area (Å²) < 4.78 is 10.2. The highest BCUT2D eigenvalue weighted by molar-refractivity contribution is 5.90. The highest BCUT2D eigenvalue weighted by atomic mass is 16.5. The van der Waals surface area contributed by atoms with Crippen LogP contribution in [0, 0.1) is 6.92 Å². The first-order valence-corrected chi connectivity index (χ1v) is 6.68. The second-order valence-corrected chi connectivity index (χ2v) is 4.68. The molecule has 0 aliphatic rings. The number of methoxy groups -OCH3 is 1. The van der Waals surface area contributed by atoms with Gasteiger partial charge in [0.25, 0.3) is 0 Å². The zero-order chi connectivity index (χ0) is 15.5. The minimum absolute atomic E-state index is 0.289. The fourth-order valence-corrected chi connectivity index (χ4v) is 2.09. The predicted octanol–water partition coefficient (Wildman–Crippen LogP) is 2.08. The highest BCUT2D eigenvalue weighted by Gasteiger charge is 2.16. The summed E-state index contributed by atoms with van der Waals surface area (Å²) in [7, 11) is 1.33. The maximum absolute atomic E-state index is 11.6. The fourth-order valence-electron chi connectivity index (χ4n) is 2.09. The topological polar surface area (TPSA) is 83.0 Å². The molecule has 3 rings (SSSR count). The van der Waals surface area contributed by atoms with Crippen LogP contribution >= 0.6 is 0 Å². The lowest BCUT2D eigenvalue weighted by atomic mass is 10.2. The van der Waals surface area contributed by atoms with Crippen molar-refractivity contribution in [3.8, 4) is 11.4 Å². The zero-order valence-electron chi connectivity index (χ0n) is 12.2. The molecule has 1 aromatic carbocycles. The van der Waals surface area contributed by atoms with Gasteiger partial charge in [0.15, 0.2) is 0 Å². The Hall–Kier alpha value is -2.96. The largest absolute Gasteiger partial charge is 0.465 e. The normalized spacial score (nSPS) is 10.6. The number of hydrogen-bond acceptors (Lipinski definition) is 6. The SMILES string of the molecule is COC(=O)c1cc(Cn2nnc(-c3ccccc3)n2)oc1C. The minimum Gasteiger partial charge on any atom is -0.465 e. The number of benzene rings is 1. The van der Waals surface area contributed by atoms with Crippen molar-refractivity contribution < 1.29 is 13.9 Å². The van der Waals surface area contributed by atoms with E-state index in [4.69, 9.17) is 9.15 Å². The maximum atomic E-state index is 11.6. The molecule has 0 saturated heterocycles. The molecule has 2 aromatic heterocycles. The Bertz CT molecular complexity index is 792. The van der Waals surface area contributed by atoms with E-state index in [1.54, 1.807) is 13.0 Å². The number of hydrogen-bond donors (Lipinski definition) is 0. The Morgan fingerprint density at radius 1 is 1.32 bits per heavy atom. The molecule has 7 heteroatoms. The fraction of sp³-hybridized carbons (Fsp3) is 0.200. The van der Waals surface area contributed by atoms with Crippen LogP contribution in [0.4, 0.5) is 0 Å². The molecule has 0 saturated carbocycles. The molecule has 0 atom stereocenters. The van der Waals surface area contributed by atoms with Gasteiger partial charge in [0.1, 0.15) is 23.6 Å². The van der Waals surface area contributed by atoms with Gasteiger partial charge in [-0.15, -0.1) is 10.2 Å². The molecule has 112 valence electrons. The van der Waals surface area contributed by atoms with Crippen LogP contribution in [0.25, 0.3) is 11.4 Å². The summed E-state index contributed by atoms with van der Waals surface area (Å²) in [6.07, 6.45) is 0. The summed E-state index contributed by atoms with van der Waals surface area (Å²) in [5.41, 5.74) is 1.29. The number of aromatic nitrogens is 4. The Labute approximate surface area is 126 Å². The first-order valence-electron chi connectivity index (χ1n) is 6.68. The molecule has 0 spiro atoms. The number of furan rings is 1. The van der Waals surface area contributed by atoms with Gasteiger partial charge >= 0.3 is 5.97 Å². The molecule has 0 unspecified atom stereocenters. The molecule has 0 aliphatic carbocycles. The van der Waals surface area contributed by atoms with Gasteiger partial charge in [-0.3, -0.25) is 0 Å². The summed E-state index contributed by atoms with van der Waals surface area (Å²) in [4.78, 5) is 13.0. The molecule has 0 amide bonds. The zero-order valence-corrected chi connectivity index (χ0v) is 12.2. The monoisotopic (exact) mass is 298 g/mol. The number of esters is 1. The van der Waals surface area contributed by atoms with Crippen LogP contribution in [0.15, 0.2) is 40.8 Å². The average molecular weight is 298 g/mol. The molecule has 0 fully saturated rings. The second kappa shape index (κ2) is 5.80. The highest BCUT2D eigenvalue weighted by Crippen LogP contribution is 2.17. The van der Waals surface area contributed by atoms with E-state index in [1.807, 2.05) is 30.3 Å². The van der Waals surface area contributed by atoms with Gasteiger partial charge in [-0.1, -0.05) is 30.3 Å². The van der Waals surface area contributed by atoms with E-state index in [-0.39, 0.29) is 6.54 Å². The molecular weight excluding hydrogens is 284 g/mol. The van der Waals surface area contributed by atoms with Crippen molar-refractivity contribution in [3.63, 3.8) is 0 Å². The van der Waals surface area contributed by atoms with Gasteiger partial charge in [-0.2, -0.15) is 4.80 Å². The molecule has 0 N–H and O–H groups in total. The number of tetrazole rings is 1. The first-order chi connectivity index (χ1) is 10.7. The van der Waals surface area contributed by atoms with Crippen molar-refractivity contribution in [1.29, 1.82) is 0 Å². The Balaban J connectivity index is 1.80. The Morgan fingerprint density at radius 2 is 2.09 bits per heavy atom. The molecule has 3 aromatic rings. The van der Waals surface area contributed by atoms with E-state index in [9.17, 15) is 4.79 Å². The van der Waals surface area contributed by atoms with Crippen molar-refractivity contribution in [1.82, 2.24) is 20.2 Å². The van der Waals surface area contributed by atoms with E-state index in [0.717, 1.165) is 5.56 Å². The third kappa shape index (κ3) is 2.73. The smallest absolute Gasteiger partial charge is 0.341 e. The van der Waals surface area contributed by atoms with Crippen LogP contribution in [0.3, 0.4) is 0 Å². The third-order valence-corrected chi connectivity index (χ3v) is 3.16. The van der Waals surface area contributed by atoms with Crippen LogP contribution in [-0.4, -0.2) is 33.3 Å². The Kier molecular flexibility index (Phi) is 3.69. The molecule has 0 bridgehead atoms. The predicted molar refractivity (Wildman–Crippen MR) is 77.1 cm³/mol. The minimum atomic E-state index is -0.427. The van der Waals surface area contributed by atoms with Gasteiger partial charge in [0.2, 0.25) is 5.82 Å². The Morgan fingerprint density at radius 3 is 2.82 bits per heavy atom. The van der Waals surface area contributed by atoms with Crippen LogP contribution in [-0.2, 0) is 11.3 Å². The van der Waals surface area contributed by atoms with E-state index < -0.39 is 5.97 Å². The van der Waals surface area contributed by atoms with Crippen LogP contribution in [0.2, 0.25) is 0 Å². The van der Waals surface area contributed by atoms with E-state index >= 15 is 0 Å². The van der Waals surface area contributed by atoms with Crippen molar-refractivity contribution in [2.75, 3.05) is 7.11 Å². The lowest BCUT2D eigenvalue weighted by Gasteiger charge is -1.94. The molecule has 2 heterocycles. The van der Waals surface area contributed by atoms with Crippen LogP contribution in [0.1, 0.15) is 21.9 Å². The number of nitrogens with zero attached hydrogens (tertiary/aromatic N) is 4. The van der Waals surface area contributed by atoms with Gasteiger partial charge < -0.3 is 9.15 Å². The summed E-state index contributed by atoms with van der Waals surface area (Å²) in [6.45, 7) is 2.00. The first kappa shape index (κ1) is 14.0. The number of ether oxygens (including phenoxy) is 1. The van der Waals surface area contributed by atoms with Gasteiger partial charge in [-0.25, -0.2) is 4.79 Å². The summed E-state index contributed by atoms with van der Waals surface area (Å²) >= 11 is 0. The van der Waals surface area contributed by atoms with Crippen LogP contribution in [0.5, 0.6) is 0 Å². The average Bonchev–Trinajstić information content (AvgIpc) is 3.14. The lowest BCUT2D eigenvalue weighted by Crippen LogP contribution is -2.03. The standard InChI is InChI=1S/C15H14N4O3/c1-10-13(15(20)21-2)8-12(22-10)9-19-17-14(16-18-19)11-6-4-3-5-7-11/h3-8H,9H2,1-2H3. The van der Waals surface area contributed by atoms with Crippen molar-refractivity contribution in [2.24, 2.45) is 0 Å². The summed E-state index contributed by atoms with van der Waals surface area (Å²) in [5, 5.41) is 12.3. The number of carbonyl (C=O) groups is 1. The van der Waals surface area contributed by atoms with Crippen molar-refractivity contribution in [3.05, 3.63) is 53.5 Å². The maximum Gasteiger partial charge on any atom is 0.341 e. The van der Waals surface area contributed by atoms with E-state index in [1.165, 1.54) is 11.9 Å². The molecule has 0 aliphatic heterocycles. The van der Waals surface area contributed by atoms with Gasteiger partial charge in [0.05, 0.1) is 7.11 Å². The summed E-state index contributed by atoms with van der Waals surface area (Å²) in [5.74, 6) is 1.18. The third-order valence-electron chi connectivity index (χ3n) is 3.16. The van der Waals surface area contributed by atoms with Gasteiger partial charge in [0, 0.05) is 5.56 Å².